The van der Waals surface area contributed by atoms with Crippen molar-refractivity contribution < 1.29 is 61.5 Å². The molecule has 3 amide bonds. The van der Waals surface area contributed by atoms with E-state index in [2.05, 4.69) is 49.6 Å². The van der Waals surface area contributed by atoms with Crippen LogP contribution in [0.2, 0.25) is 5.02 Å². The average molecular weight is 1770 g/mol. The molecule has 0 radical (unpaired) electrons. The van der Waals surface area contributed by atoms with E-state index in [0.29, 0.717) is 120 Å². The number of aromatic hydroxyl groups is 3. The predicted molar refractivity (Wildman–Crippen MR) is 481 cm³/mol. The molecule has 0 saturated carbocycles. The normalized spacial score (nSPS) is 16.3. The summed E-state index contributed by atoms with van der Waals surface area (Å²) in [4.78, 5) is 127. The second-order valence-electron chi connectivity index (χ2n) is 33.1. The monoisotopic (exact) mass is 1770 g/mol. The van der Waals surface area contributed by atoms with Gasteiger partial charge in [0.2, 0.25) is 17.7 Å². The third kappa shape index (κ3) is 15.2. The van der Waals surface area contributed by atoms with Crippen LogP contribution in [0.4, 0.5) is 35.0 Å². The first-order valence-corrected chi connectivity index (χ1v) is 42.5. The number of ether oxygens (including phenoxy) is 3. The highest BCUT2D eigenvalue weighted by molar-refractivity contribution is 6.36. The van der Waals surface area contributed by atoms with E-state index in [4.69, 9.17) is 35.8 Å². The largest absolute Gasteiger partial charge is 0.508 e. The number of phenols is 3. The molecule has 34 heteroatoms. The van der Waals surface area contributed by atoms with Crippen molar-refractivity contribution in [3.05, 3.63) is 247 Å². The third-order valence-electron chi connectivity index (χ3n) is 24.2. The number of anilines is 3. The zero-order chi connectivity index (χ0) is 91.1. The van der Waals surface area contributed by atoms with Crippen LogP contribution in [0.1, 0.15) is 93.8 Å². The third-order valence-corrected chi connectivity index (χ3v) is 24.5. The van der Waals surface area contributed by atoms with Crippen LogP contribution in [-0.2, 0) is 14.4 Å². The molecule has 6 aliphatic rings. The molecule has 5 aromatic carbocycles. The first-order valence-electron chi connectivity index (χ1n) is 42.1. The minimum absolute atomic E-state index is 0.0210. The van der Waals surface area contributed by atoms with Gasteiger partial charge in [0.05, 0.1) is 64.3 Å². The maximum absolute atomic E-state index is 16.9. The molecule has 0 aliphatic carbocycles. The lowest BCUT2D eigenvalue weighted by Crippen LogP contribution is -2.56. The van der Waals surface area contributed by atoms with Gasteiger partial charge in [0.15, 0.2) is 45.8 Å². The summed E-state index contributed by atoms with van der Waals surface area (Å²) >= 11 is 6.89. The lowest BCUT2D eigenvalue weighted by Gasteiger charge is -2.43. The van der Waals surface area contributed by atoms with Gasteiger partial charge in [0, 0.05) is 83.3 Å². The Morgan fingerprint density at radius 2 is 0.922 bits per heavy atom. The van der Waals surface area contributed by atoms with E-state index < -0.39 is 63.4 Å². The number of hydrogen-bond acceptors (Lipinski definition) is 23. The molecule has 3 atom stereocenters. The van der Waals surface area contributed by atoms with E-state index in [1.54, 1.807) is 45.3 Å². The fourth-order valence-corrected chi connectivity index (χ4v) is 18.3. The number of amides is 3. The van der Waals surface area contributed by atoms with Crippen molar-refractivity contribution in [1.82, 2.24) is 68.3 Å². The summed E-state index contributed by atoms with van der Waals surface area (Å²) in [5.41, 5.74) is 2.56. The number of aryl methyl sites for hydroxylation is 2. The number of pyridine rings is 5. The van der Waals surface area contributed by atoms with Gasteiger partial charge in [-0.3, -0.25) is 24.4 Å². The van der Waals surface area contributed by atoms with Crippen molar-refractivity contribution >= 4 is 90.6 Å². The van der Waals surface area contributed by atoms with Crippen LogP contribution >= 0.6 is 11.6 Å². The summed E-state index contributed by atoms with van der Waals surface area (Å²) < 4.78 is 86.3. The minimum Gasteiger partial charge on any atom is -0.508 e. The lowest BCUT2D eigenvalue weighted by molar-refractivity contribution is -0.127. The SMILES string of the molecule is C=CC(=O)N1CCN2c3nc(=O)n(-c4c(C)ccnc4C(C)C)c4nc(-c5c(O)cccc5F)c(F)c(c34)OCCC2C1.C=CC(=O)N1CCN2c3nc(=O)n(-c4c(C)ccnc4C(C)C)c4nc(-c5cc(O)cc6ccccc56)c(F)c(c34)OCC2C1.C=CC(=O)N1CCN2c3nc(=O)n(-c4ccccc4C(C)C)c4nc(-c5c(O)cccc5F)c(Cl)c(c34)OCC2C1. The molecule has 19 rings (SSSR count). The van der Waals surface area contributed by atoms with Crippen LogP contribution in [0.15, 0.2) is 174 Å². The Balaban J connectivity index is 0.000000136. The second kappa shape index (κ2) is 34.6. The average Bonchev–Trinajstić information content (AvgIpc) is 1.66. The molecule has 14 heterocycles. The molecule has 0 spiro atoms. The maximum Gasteiger partial charge on any atom is 0.355 e. The van der Waals surface area contributed by atoms with Gasteiger partial charge in [-0.1, -0.05) is 127 Å². The number of piperazine rings is 3. The Hall–Kier alpha value is -14.6. The van der Waals surface area contributed by atoms with Crippen LogP contribution in [0.3, 0.4) is 0 Å². The second-order valence-corrected chi connectivity index (χ2v) is 33.4. The molecule has 6 aliphatic heterocycles. The summed E-state index contributed by atoms with van der Waals surface area (Å²) in [5, 5.41) is 34.0. The smallest absolute Gasteiger partial charge is 0.355 e. The fourth-order valence-electron chi connectivity index (χ4n) is 18.0. The Kier molecular flexibility index (Phi) is 23.2. The highest BCUT2D eigenvalue weighted by atomic mass is 35.5. The van der Waals surface area contributed by atoms with E-state index in [1.807, 2.05) is 119 Å². The van der Waals surface area contributed by atoms with Crippen LogP contribution < -0.4 is 46.0 Å². The van der Waals surface area contributed by atoms with Gasteiger partial charge >= 0.3 is 17.1 Å². The fraction of sp³-hybridized carbons (Fsp3) is 0.284. The summed E-state index contributed by atoms with van der Waals surface area (Å²) in [6.07, 6.45) is 7.49. The van der Waals surface area contributed by atoms with Crippen molar-refractivity contribution in [3.8, 4) is 85.3 Å². The highest BCUT2D eigenvalue weighted by Gasteiger charge is 2.43. The molecule has 8 aromatic heterocycles. The van der Waals surface area contributed by atoms with Gasteiger partial charge in [-0.05, 0) is 132 Å². The molecular weight excluding hydrogens is 1680 g/mol. The Morgan fingerprint density at radius 3 is 1.43 bits per heavy atom. The number of nitrogens with zero attached hydrogens (tertiary/aromatic N) is 17. The molecule has 129 heavy (non-hydrogen) atoms. The zero-order valence-electron chi connectivity index (χ0n) is 71.6. The number of carbonyl (C=O) groups is 3. The molecule has 13 aromatic rings. The van der Waals surface area contributed by atoms with Crippen molar-refractivity contribution in [2.24, 2.45) is 0 Å². The van der Waals surface area contributed by atoms with Gasteiger partial charge in [-0.15, -0.1) is 0 Å². The molecular formula is C95H88ClF4N17O12. The molecule has 3 unspecified atom stereocenters. The van der Waals surface area contributed by atoms with Crippen LogP contribution in [-0.4, -0.2) is 198 Å². The topological polar surface area (TPSA) is 328 Å². The number of aromatic nitrogens is 11. The van der Waals surface area contributed by atoms with Crippen LogP contribution in [0, 0.1) is 37.1 Å². The van der Waals surface area contributed by atoms with Gasteiger partial charge in [0.25, 0.3) is 0 Å². The lowest BCUT2D eigenvalue weighted by atomic mass is 10.00. The van der Waals surface area contributed by atoms with Crippen molar-refractivity contribution in [2.45, 2.75) is 97.7 Å². The van der Waals surface area contributed by atoms with E-state index in [1.165, 1.54) is 68.3 Å². The van der Waals surface area contributed by atoms with Gasteiger partial charge in [0.1, 0.15) is 97.8 Å². The van der Waals surface area contributed by atoms with E-state index in [9.17, 15) is 44.1 Å². The summed E-state index contributed by atoms with van der Waals surface area (Å²) in [6.45, 7) is 29.6. The maximum atomic E-state index is 16.9. The van der Waals surface area contributed by atoms with Crippen molar-refractivity contribution in [2.75, 3.05) is 93.4 Å². The molecule has 660 valence electrons. The van der Waals surface area contributed by atoms with E-state index >= 15 is 17.6 Å². The first-order chi connectivity index (χ1) is 62.0. The molecule has 29 nitrogen and oxygen atoms in total. The minimum atomic E-state index is -0.993. The predicted octanol–water partition coefficient (Wildman–Crippen LogP) is 13.8. The first kappa shape index (κ1) is 86.5. The summed E-state index contributed by atoms with van der Waals surface area (Å²) in [5.74, 6) is -4.49. The van der Waals surface area contributed by atoms with Gasteiger partial charge in [-0.2, -0.15) is 15.0 Å². The summed E-state index contributed by atoms with van der Waals surface area (Å²) in [7, 11) is 0. The Labute approximate surface area is 740 Å². The number of benzene rings is 5. The van der Waals surface area contributed by atoms with Crippen molar-refractivity contribution in [1.29, 1.82) is 0 Å². The number of halogens is 5. The van der Waals surface area contributed by atoms with E-state index in [0.717, 1.165) is 17.2 Å². The number of fused-ring (bicyclic) bond motifs is 7. The Bertz CT molecular complexity index is 7030. The number of rotatable bonds is 12. The molecule has 3 fully saturated rings. The number of hydrogen-bond donors (Lipinski definition) is 3. The standard InChI is InChI=1S/C34H31FN6O4.C31H30F2N6O4.C30H27ClFN5O4/c1-5-25(43)39-12-13-40-21(16-39)17-45-31-26-32(40)38-34(44)41(30-19(4)10-11-36-28(30)18(2)3)33(26)37-29(27(31)35)24-15-22(42)14-20-8-6-7-9-23(20)24;1-5-21(41)37-12-13-38-18(15-37)10-14-43-28-23-29(38)36-31(42)39(27-17(4)9-11-34-25(27)16(2)3)30(23)35-26(24(28)33)22-19(32)7-6-8-20(22)40;1-4-22(39)35-12-13-36-17(14-35)15-41-27-24-28(36)34-30(40)37(20-10-6-5-8-18(20)16(2)3)29(24)33-26(25(27)31)23-19(32)9-7-11-21(23)38/h5-11,14-15,18,21,42H,1,12-13,16-17H2,2-4H3;5-9,11,16,18,40H,1,10,12-15H2,2-4H3;4-11,16-17,38H,1,12-15H2,2-3H3. The van der Waals surface area contributed by atoms with Crippen molar-refractivity contribution in [3.63, 3.8) is 0 Å². The van der Waals surface area contributed by atoms with Crippen LogP contribution in [0.25, 0.3) is 94.7 Å². The summed E-state index contributed by atoms with van der Waals surface area (Å²) in [6, 6.07) is 27.8. The number of carbonyl (C=O) groups excluding carboxylic acids is 3. The highest BCUT2D eigenvalue weighted by Crippen LogP contribution is 2.50. The zero-order valence-corrected chi connectivity index (χ0v) is 72.3. The van der Waals surface area contributed by atoms with Gasteiger partial charge in [-0.25, -0.2) is 60.6 Å². The number of phenolic OH excluding ortho intramolecular Hbond substituents is 3. The molecule has 3 N–H and O–H groups in total. The molecule has 0 bridgehead atoms. The molecule has 3 saturated heterocycles. The van der Waals surface area contributed by atoms with Crippen LogP contribution in [0.5, 0.6) is 34.5 Å². The quantitative estimate of drug-likeness (QED) is 0.0755. The Morgan fingerprint density at radius 1 is 0.488 bits per heavy atom. The van der Waals surface area contributed by atoms with Gasteiger partial charge < -0.3 is 58.9 Å². The number of para-hydroxylation sites is 1. The van der Waals surface area contributed by atoms with E-state index in [-0.39, 0.29) is 164 Å².